The average molecular weight is 217 g/mol. The molecule has 0 fully saturated rings. The van der Waals surface area contributed by atoms with Gasteiger partial charge in [0.2, 0.25) is 0 Å². The van der Waals surface area contributed by atoms with Crippen molar-refractivity contribution in [1.82, 2.24) is 0 Å². The Labute approximate surface area is 85.8 Å². The van der Waals surface area contributed by atoms with Crippen LogP contribution in [0.2, 0.25) is 0 Å². The fourth-order valence-corrected chi connectivity index (χ4v) is 0.564. The minimum absolute atomic E-state index is 0.144. The van der Waals surface area contributed by atoms with E-state index in [-0.39, 0.29) is 18.8 Å². The van der Waals surface area contributed by atoms with Crippen molar-refractivity contribution in [3.63, 3.8) is 0 Å². The van der Waals surface area contributed by atoms with Crippen molar-refractivity contribution < 1.29 is 24.0 Å². The first-order chi connectivity index (χ1) is 6.93. The highest BCUT2D eigenvalue weighted by atomic mass is 16.6. The summed E-state index contributed by atoms with van der Waals surface area (Å²) in [4.78, 5) is 30.4. The Morgan fingerprint density at radius 2 is 1.87 bits per heavy atom. The van der Waals surface area contributed by atoms with Gasteiger partial charge in [-0.25, -0.2) is 9.59 Å². The van der Waals surface area contributed by atoms with Gasteiger partial charge in [0.15, 0.2) is 0 Å². The third-order valence-corrected chi connectivity index (χ3v) is 1.19. The van der Waals surface area contributed by atoms with Gasteiger partial charge in [0.1, 0.15) is 13.2 Å². The summed E-state index contributed by atoms with van der Waals surface area (Å²) in [6, 6.07) is 0. The lowest BCUT2D eigenvalue weighted by molar-refractivity contribution is -0.470. The first kappa shape index (κ1) is 13.1. The summed E-state index contributed by atoms with van der Waals surface area (Å²) in [6.45, 7) is 3.57. The van der Waals surface area contributed by atoms with Gasteiger partial charge in [0.25, 0.3) is 6.54 Å². The van der Waals surface area contributed by atoms with Gasteiger partial charge >= 0.3 is 11.9 Å². The van der Waals surface area contributed by atoms with E-state index in [0.717, 1.165) is 0 Å². The summed E-state index contributed by atoms with van der Waals surface area (Å²) >= 11 is 0. The first-order valence-corrected chi connectivity index (χ1v) is 4.03. The molecule has 15 heavy (non-hydrogen) atoms. The van der Waals surface area contributed by atoms with Crippen molar-refractivity contribution in [2.75, 3.05) is 19.8 Å². The molecule has 0 atom stereocenters. The van der Waals surface area contributed by atoms with Crippen molar-refractivity contribution in [3.8, 4) is 0 Å². The minimum Gasteiger partial charge on any atom is -0.459 e. The lowest BCUT2D eigenvalue weighted by Gasteiger charge is -2.04. The Morgan fingerprint density at radius 3 is 2.33 bits per heavy atom. The topological polar surface area (TPSA) is 95.7 Å². The van der Waals surface area contributed by atoms with E-state index in [0.29, 0.717) is 0 Å². The van der Waals surface area contributed by atoms with Crippen LogP contribution in [0.4, 0.5) is 0 Å². The van der Waals surface area contributed by atoms with Gasteiger partial charge in [-0.1, -0.05) is 6.58 Å². The number of hydrogen-bond acceptors (Lipinski definition) is 6. The average Bonchev–Trinajstić information content (AvgIpc) is 2.10. The molecule has 0 unspecified atom stereocenters. The van der Waals surface area contributed by atoms with Crippen molar-refractivity contribution in [2.45, 2.75) is 6.92 Å². The van der Waals surface area contributed by atoms with E-state index in [1.165, 1.54) is 6.92 Å². The molecule has 0 N–H and O–H groups in total. The number of ether oxygens (including phenoxy) is 2. The van der Waals surface area contributed by atoms with Gasteiger partial charge in [-0.05, 0) is 6.92 Å². The normalized spacial score (nSPS) is 9.13. The van der Waals surface area contributed by atoms with Gasteiger partial charge in [0, 0.05) is 10.5 Å². The maximum Gasteiger partial charge on any atom is 0.378 e. The number of esters is 2. The fourth-order valence-electron chi connectivity index (χ4n) is 0.564. The number of hydrogen-bond donors (Lipinski definition) is 0. The van der Waals surface area contributed by atoms with E-state index in [4.69, 9.17) is 0 Å². The largest absolute Gasteiger partial charge is 0.459 e. The molecule has 0 saturated carbocycles. The van der Waals surface area contributed by atoms with E-state index in [2.05, 4.69) is 16.1 Å². The Kier molecular flexibility index (Phi) is 5.69. The number of rotatable bonds is 6. The number of carbonyl (C=O) groups excluding carboxylic acids is 2. The van der Waals surface area contributed by atoms with Crippen LogP contribution in [0.15, 0.2) is 12.2 Å². The lowest BCUT2D eigenvalue weighted by Crippen LogP contribution is -2.20. The number of nitrogens with zero attached hydrogens (tertiary/aromatic N) is 1. The second kappa shape index (κ2) is 6.52. The summed E-state index contributed by atoms with van der Waals surface area (Å²) in [6.07, 6.45) is 0. The molecule has 7 nitrogen and oxygen atoms in total. The Balaban J connectivity index is 3.55. The van der Waals surface area contributed by atoms with Crippen molar-refractivity contribution in [1.29, 1.82) is 0 Å². The Bertz CT molecular complexity index is 285. The second-order valence-electron chi connectivity index (χ2n) is 2.63. The standard InChI is InChI=1S/C8H11NO6/c1-6(2)8(11)15-4-3-14-7(10)5-9(12)13/h1,3-5H2,2H3. The molecule has 0 bridgehead atoms. The summed E-state index contributed by atoms with van der Waals surface area (Å²) in [5.74, 6) is -1.56. The van der Waals surface area contributed by atoms with Crippen LogP contribution in [0, 0.1) is 10.1 Å². The summed E-state index contributed by atoms with van der Waals surface area (Å²) < 4.78 is 8.97. The molecule has 0 spiro atoms. The predicted molar refractivity (Wildman–Crippen MR) is 48.6 cm³/mol. The third-order valence-electron chi connectivity index (χ3n) is 1.19. The zero-order valence-electron chi connectivity index (χ0n) is 8.23. The highest BCUT2D eigenvalue weighted by Crippen LogP contribution is 1.91. The van der Waals surface area contributed by atoms with E-state index in [1.54, 1.807) is 0 Å². The van der Waals surface area contributed by atoms with Crippen LogP contribution >= 0.6 is 0 Å². The molecule has 0 amide bonds. The fraction of sp³-hybridized carbons (Fsp3) is 0.500. The number of carbonyl (C=O) groups is 2. The SMILES string of the molecule is C=C(C)C(=O)OCCOC(=O)C[N+](=O)[O-]. The maximum atomic E-state index is 10.8. The summed E-state index contributed by atoms with van der Waals surface area (Å²) in [5, 5.41) is 9.85. The van der Waals surface area contributed by atoms with Gasteiger partial charge in [-0.15, -0.1) is 0 Å². The highest BCUT2D eigenvalue weighted by molar-refractivity contribution is 5.86. The minimum atomic E-state index is -0.966. The van der Waals surface area contributed by atoms with Crippen LogP contribution < -0.4 is 0 Å². The van der Waals surface area contributed by atoms with Crippen LogP contribution in [-0.2, 0) is 19.1 Å². The van der Waals surface area contributed by atoms with E-state index < -0.39 is 23.4 Å². The smallest absolute Gasteiger partial charge is 0.378 e. The summed E-state index contributed by atoms with van der Waals surface area (Å²) in [5.41, 5.74) is 0.228. The van der Waals surface area contributed by atoms with E-state index >= 15 is 0 Å². The summed E-state index contributed by atoms with van der Waals surface area (Å²) in [7, 11) is 0. The van der Waals surface area contributed by atoms with Crippen molar-refractivity contribution in [2.24, 2.45) is 0 Å². The Morgan fingerprint density at radius 1 is 1.33 bits per heavy atom. The third kappa shape index (κ3) is 7.17. The molecule has 0 heterocycles. The predicted octanol–water partition coefficient (Wildman–Crippen LogP) is -0.0744. The van der Waals surface area contributed by atoms with Gasteiger partial charge in [-0.3, -0.25) is 10.1 Å². The van der Waals surface area contributed by atoms with Crippen LogP contribution in [0.5, 0.6) is 0 Å². The molecule has 0 aromatic carbocycles. The molecule has 0 radical (unpaired) electrons. The van der Waals surface area contributed by atoms with Crippen LogP contribution in [0.3, 0.4) is 0 Å². The quantitative estimate of drug-likeness (QED) is 0.203. The highest BCUT2D eigenvalue weighted by Gasteiger charge is 2.10. The maximum absolute atomic E-state index is 10.8. The molecule has 0 aromatic heterocycles. The van der Waals surface area contributed by atoms with Crippen LogP contribution in [-0.4, -0.2) is 36.6 Å². The molecule has 84 valence electrons. The van der Waals surface area contributed by atoms with Crippen molar-refractivity contribution in [3.05, 3.63) is 22.3 Å². The molecule has 0 saturated heterocycles. The molecule has 0 aliphatic heterocycles. The molecule has 0 rings (SSSR count). The van der Waals surface area contributed by atoms with Gasteiger partial charge < -0.3 is 9.47 Å². The van der Waals surface area contributed by atoms with E-state index in [9.17, 15) is 19.7 Å². The van der Waals surface area contributed by atoms with Crippen molar-refractivity contribution >= 4 is 11.9 Å². The van der Waals surface area contributed by atoms with Crippen LogP contribution in [0.25, 0.3) is 0 Å². The monoisotopic (exact) mass is 217 g/mol. The van der Waals surface area contributed by atoms with Crippen LogP contribution in [0.1, 0.15) is 6.92 Å². The molecule has 0 aliphatic rings. The van der Waals surface area contributed by atoms with E-state index in [1.807, 2.05) is 0 Å². The molecular formula is C8H11NO6. The first-order valence-electron chi connectivity index (χ1n) is 4.03. The molecular weight excluding hydrogens is 206 g/mol. The molecule has 7 heteroatoms. The zero-order valence-corrected chi connectivity index (χ0v) is 8.23. The molecule has 0 aliphatic carbocycles. The van der Waals surface area contributed by atoms with Gasteiger partial charge in [-0.2, -0.15) is 0 Å². The molecule has 0 aromatic rings. The Hall–Kier alpha value is -1.92. The van der Waals surface area contributed by atoms with Gasteiger partial charge in [0.05, 0.1) is 0 Å². The lowest BCUT2D eigenvalue weighted by atomic mass is 10.4. The zero-order chi connectivity index (χ0) is 11.8. The second-order valence-corrected chi connectivity index (χ2v) is 2.63. The number of nitro groups is 1.